The van der Waals surface area contributed by atoms with Crippen molar-refractivity contribution in [3.8, 4) is 11.3 Å². The summed E-state index contributed by atoms with van der Waals surface area (Å²) in [5.74, 6) is -0.115. The molecule has 20 heavy (non-hydrogen) atoms. The maximum absolute atomic E-state index is 10.8. The van der Waals surface area contributed by atoms with E-state index in [1.54, 1.807) is 6.20 Å². The number of benzene rings is 1. The zero-order valence-corrected chi connectivity index (χ0v) is 12.0. The maximum atomic E-state index is 10.8. The van der Waals surface area contributed by atoms with Crippen LogP contribution >= 0.6 is 0 Å². The van der Waals surface area contributed by atoms with Gasteiger partial charge in [-0.1, -0.05) is 23.8 Å². The van der Waals surface area contributed by atoms with Gasteiger partial charge in [-0.25, -0.2) is 9.97 Å². The Morgan fingerprint density at radius 2 is 2.00 bits per heavy atom. The van der Waals surface area contributed by atoms with E-state index < -0.39 is 5.97 Å². The molecular weight excluding hydrogens is 252 g/mol. The summed E-state index contributed by atoms with van der Waals surface area (Å²) in [6.07, 6.45) is 2.27. The molecule has 0 amide bonds. The first-order valence-electron chi connectivity index (χ1n) is 6.59. The second-order valence-corrected chi connectivity index (χ2v) is 5.00. The van der Waals surface area contributed by atoms with Crippen LogP contribution in [0.2, 0.25) is 0 Å². The minimum Gasteiger partial charge on any atom is -0.481 e. The van der Waals surface area contributed by atoms with E-state index in [4.69, 9.17) is 5.11 Å². The molecule has 1 aromatic heterocycles. The topological polar surface area (TPSA) is 63.1 Å². The monoisotopic (exact) mass is 270 g/mol. The summed E-state index contributed by atoms with van der Waals surface area (Å²) in [6.45, 7) is 5.93. The van der Waals surface area contributed by atoms with Gasteiger partial charge in [-0.2, -0.15) is 0 Å². The van der Waals surface area contributed by atoms with Crippen molar-refractivity contribution in [1.82, 2.24) is 9.97 Å². The highest BCUT2D eigenvalue weighted by molar-refractivity contribution is 5.70. The summed E-state index contributed by atoms with van der Waals surface area (Å²) >= 11 is 0. The van der Waals surface area contributed by atoms with Crippen molar-refractivity contribution in [2.24, 2.45) is 0 Å². The van der Waals surface area contributed by atoms with E-state index in [-0.39, 0.29) is 6.42 Å². The van der Waals surface area contributed by atoms with Crippen LogP contribution in [0.25, 0.3) is 11.3 Å². The van der Waals surface area contributed by atoms with E-state index in [9.17, 15) is 4.79 Å². The zero-order valence-electron chi connectivity index (χ0n) is 12.0. The first kappa shape index (κ1) is 14.2. The predicted octanol–water partition coefficient (Wildman–Crippen LogP) is 3.09. The van der Waals surface area contributed by atoms with Crippen molar-refractivity contribution in [3.63, 3.8) is 0 Å². The summed E-state index contributed by atoms with van der Waals surface area (Å²) in [5, 5.41) is 8.84. The van der Waals surface area contributed by atoms with Crippen LogP contribution in [0.1, 0.15) is 28.9 Å². The fourth-order valence-electron chi connectivity index (χ4n) is 2.23. The third-order valence-corrected chi connectivity index (χ3v) is 3.23. The Balaban J connectivity index is 2.48. The fraction of sp³-hybridized carbons (Fsp3) is 0.312. The lowest BCUT2D eigenvalue weighted by Crippen LogP contribution is -2.03. The number of hydrogen-bond donors (Lipinski definition) is 1. The van der Waals surface area contributed by atoms with Crippen LogP contribution in [0.3, 0.4) is 0 Å². The minimum atomic E-state index is -0.808. The lowest BCUT2D eigenvalue weighted by atomic mass is 9.98. The molecule has 4 heteroatoms. The van der Waals surface area contributed by atoms with Gasteiger partial charge in [0.25, 0.3) is 0 Å². The van der Waals surface area contributed by atoms with Gasteiger partial charge < -0.3 is 5.11 Å². The molecule has 0 fully saturated rings. The van der Waals surface area contributed by atoms with E-state index >= 15 is 0 Å². The zero-order chi connectivity index (χ0) is 14.7. The largest absolute Gasteiger partial charge is 0.481 e. The Morgan fingerprint density at radius 1 is 1.25 bits per heavy atom. The van der Waals surface area contributed by atoms with Gasteiger partial charge in [-0.05, 0) is 38.3 Å². The smallest absolute Gasteiger partial charge is 0.303 e. The number of carbonyl (C=O) groups is 1. The Hall–Kier alpha value is -2.23. The Morgan fingerprint density at radius 3 is 2.65 bits per heavy atom. The molecule has 0 aliphatic carbocycles. The number of hydrogen-bond acceptors (Lipinski definition) is 3. The summed E-state index contributed by atoms with van der Waals surface area (Å²) < 4.78 is 0. The van der Waals surface area contributed by atoms with Crippen LogP contribution in [0.4, 0.5) is 0 Å². The molecule has 0 radical (unpaired) electrons. The first-order chi connectivity index (χ1) is 9.47. The van der Waals surface area contributed by atoms with Gasteiger partial charge in [-0.15, -0.1) is 0 Å². The van der Waals surface area contributed by atoms with Gasteiger partial charge in [0.1, 0.15) is 5.82 Å². The molecule has 0 aliphatic heterocycles. The molecule has 1 N–H and O–H groups in total. The molecule has 4 nitrogen and oxygen atoms in total. The third kappa shape index (κ3) is 3.20. The molecule has 0 aliphatic rings. The number of aliphatic carboxylic acids is 1. The van der Waals surface area contributed by atoms with Gasteiger partial charge in [0.05, 0.1) is 5.69 Å². The van der Waals surface area contributed by atoms with E-state index in [0.717, 1.165) is 22.4 Å². The van der Waals surface area contributed by atoms with Gasteiger partial charge in [0.2, 0.25) is 0 Å². The Labute approximate surface area is 118 Å². The van der Waals surface area contributed by atoms with Crippen LogP contribution in [-0.4, -0.2) is 21.0 Å². The summed E-state index contributed by atoms with van der Waals surface area (Å²) in [6, 6.07) is 6.19. The SMILES string of the molecule is Cc1ccc(-c2nc(C)ncc2CCC(=O)O)c(C)c1. The highest BCUT2D eigenvalue weighted by Gasteiger charge is 2.12. The number of carboxylic acid groups (broad SMARTS) is 1. The van der Waals surface area contributed by atoms with Crippen LogP contribution < -0.4 is 0 Å². The van der Waals surface area contributed by atoms with Gasteiger partial charge in [-0.3, -0.25) is 4.79 Å². The molecule has 2 rings (SSSR count). The van der Waals surface area contributed by atoms with Crippen molar-refractivity contribution < 1.29 is 9.90 Å². The van der Waals surface area contributed by atoms with E-state index in [0.29, 0.717) is 12.2 Å². The molecule has 0 spiro atoms. The first-order valence-corrected chi connectivity index (χ1v) is 6.59. The summed E-state index contributed by atoms with van der Waals surface area (Å²) in [7, 11) is 0. The summed E-state index contributed by atoms with van der Waals surface area (Å²) in [4.78, 5) is 19.5. The van der Waals surface area contributed by atoms with Crippen LogP contribution in [0.5, 0.6) is 0 Å². The normalized spacial score (nSPS) is 10.6. The van der Waals surface area contributed by atoms with Crippen molar-refractivity contribution in [3.05, 3.63) is 46.9 Å². The second-order valence-electron chi connectivity index (χ2n) is 5.00. The Bertz CT molecular complexity index is 651. The molecular formula is C16H18N2O2. The van der Waals surface area contributed by atoms with Crippen LogP contribution in [0, 0.1) is 20.8 Å². The quantitative estimate of drug-likeness (QED) is 0.927. The van der Waals surface area contributed by atoms with E-state index in [1.807, 2.05) is 32.9 Å². The number of rotatable bonds is 4. The number of aryl methyl sites for hydroxylation is 4. The molecule has 0 bridgehead atoms. The van der Waals surface area contributed by atoms with Gasteiger partial charge >= 0.3 is 5.97 Å². The van der Waals surface area contributed by atoms with Gasteiger partial charge in [0.15, 0.2) is 0 Å². The predicted molar refractivity (Wildman–Crippen MR) is 77.6 cm³/mol. The molecule has 0 saturated carbocycles. The third-order valence-electron chi connectivity index (χ3n) is 3.23. The molecule has 0 atom stereocenters. The molecule has 1 heterocycles. The van der Waals surface area contributed by atoms with Crippen molar-refractivity contribution in [1.29, 1.82) is 0 Å². The van der Waals surface area contributed by atoms with Crippen molar-refractivity contribution >= 4 is 5.97 Å². The standard InChI is InChI=1S/C16H18N2O2/c1-10-4-6-14(11(2)8-10)16-13(5-7-15(19)20)9-17-12(3)18-16/h4,6,8-9H,5,7H2,1-3H3,(H,19,20). The Kier molecular flexibility index (Phi) is 4.13. The highest BCUT2D eigenvalue weighted by atomic mass is 16.4. The number of nitrogens with zero attached hydrogens (tertiary/aromatic N) is 2. The fourth-order valence-corrected chi connectivity index (χ4v) is 2.23. The van der Waals surface area contributed by atoms with E-state index in [1.165, 1.54) is 5.56 Å². The lowest BCUT2D eigenvalue weighted by Gasteiger charge is -2.11. The molecule has 0 saturated heterocycles. The van der Waals surface area contributed by atoms with Gasteiger partial charge in [0, 0.05) is 18.2 Å². The molecule has 104 valence electrons. The second kappa shape index (κ2) is 5.82. The summed E-state index contributed by atoms with van der Waals surface area (Å²) in [5.41, 5.74) is 5.10. The highest BCUT2D eigenvalue weighted by Crippen LogP contribution is 2.26. The molecule has 0 unspecified atom stereocenters. The van der Waals surface area contributed by atoms with Crippen molar-refractivity contribution in [2.45, 2.75) is 33.6 Å². The van der Waals surface area contributed by atoms with E-state index in [2.05, 4.69) is 16.0 Å². The van der Waals surface area contributed by atoms with Crippen LogP contribution in [0.15, 0.2) is 24.4 Å². The average Bonchev–Trinajstić information content (AvgIpc) is 2.37. The lowest BCUT2D eigenvalue weighted by molar-refractivity contribution is -0.136. The number of aromatic nitrogens is 2. The molecule has 1 aromatic carbocycles. The minimum absolute atomic E-state index is 0.0876. The average molecular weight is 270 g/mol. The molecule has 2 aromatic rings. The number of carboxylic acids is 1. The van der Waals surface area contributed by atoms with Crippen molar-refractivity contribution in [2.75, 3.05) is 0 Å². The maximum Gasteiger partial charge on any atom is 0.303 e. The van der Waals surface area contributed by atoms with Crippen LogP contribution in [-0.2, 0) is 11.2 Å².